The number of carbonyl (C=O) groups is 3. The molecule has 0 bridgehead atoms. The average Bonchev–Trinajstić information content (AvgIpc) is 2.90. The third kappa shape index (κ3) is 5.64. The van der Waals surface area contributed by atoms with Crippen LogP contribution in [0.4, 0.5) is 0 Å². The number of nitrogens with two attached hydrogens (primary N) is 1. The first kappa shape index (κ1) is 16.7. The van der Waals surface area contributed by atoms with Crippen LogP contribution >= 0.6 is 0 Å². The maximum Gasteiger partial charge on any atom is 0.326 e. The van der Waals surface area contributed by atoms with Gasteiger partial charge >= 0.3 is 5.97 Å². The average molecular weight is 296 g/mol. The van der Waals surface area contributed by atoms with E-state index in [2.05, 4.69) is 10.3 Å². The first-order chi connectivity index (χ1) is 9.93. The van der Waals surface area contributed by atoms with Crippen molar-refractivity contribution >= 4 is 17.8 Å². The molecular weight excluding hydrogens is 276 g/mol. The lowest BCUT2D eigenvalue weighted by Crippen LogP contribution is -2.43. The van der Waals surface area contributed by atoms with Gasteiger partial charge in [-0.2, -0.15) is 0 Å². The molecule has 116 valence electrons. The summed E-state index contributed by atoms with van der Waals surface area (Å²) < 4.78 is 1.81. The van der Waals surface area contributed by atoms with Gasteiger partial charge in [0.2, 0.25) is 11.8 Å². The van der Waals surface area contributed by atoms with Crippen LogP contribution in [-0.2, 0) is 14.4 Å². The highest BCUT2D eigenvalue weighted by Crippen LogP contribution is 2.17. The normalized spacial score (nSPS) is 13.4. The molecule has 8 heteroatoms. The van der Waals surface area contributed by atoms with Crippen molar-refractivity contribution in [2.45, 2.75) is 44.7 Å². The summed E-state index contributed by atoms with van der Waals surface area (Å²) in [6.45, 7) is 2.00. The van der Waals surface area contributed by atoms with Gasteiger partial charge in [-0.15, -0.1) is 0 Å². The summed E-state index contributed by atoms with van der Waals surface area (Å²) >= 11 is 0. The molecule has 0 radical (unpaired) electrons. The Morgan fingerprint density at radius 1 is 1.38 bits per heavy atom. The van der Waals surface area contributed by atoms with Crippen molar-refractivity contribution in [2.24, 2.45) is 5.73 Å². The molecule has 1 unspecified atom stereocenters. The Morgan fingerprint density at radius 3 is 2.57 bits per heavy atom. The van der Waals surface area contributed by atoms with E-state index in [1.54, 1.807) is 18.7 Å². The van der Waals surface area contributed by atoms with Crippen molar-refractivity contribution in [2.75, 3.05) is 0 Å². The fraction of sp³-hybridized carbons (Fsp3) is 0.538. The van der Waals surface area contributed by atoms with Gasteiger partial charge in [0.25, 0.3) is 0 Å². The van der Waals surface area contributed by atoms with E-state index in [1.807, 2.05) is 11.5 Å². The van der Waals surface area contributed by atoms with Crippen LogP contribution in [-0.4, -0.2) is 38.5 Å². The van der Waals surface area contributed by atoms with Crippen molar-refractivity contribution in [3.63, 3.8) is 0 Å². The van der Waals surface area contributed by atoms with Gasteiger partial charge in [-0.25, -0.2) is 9.78 Å². The number of nitrogens with one attached hydrogen (secondary N) is 1. The Morgan fingerprint density at radius 2 is 2.10 bits per heavy atom. The minimum absolute atomic E-state index is 0.0967. The van der Waals surface area contributed by atoms with Crippen LogP contribution in [0.1, 0.15) is 38.6 Å². The number of aliphatic carboxylic acids is 1. The van der Waals surface area contributed by atoms with Crippen molar-refractivity contribution in [3.8, 4) is 0 Å². The van der Waals surface area contributed by atoms with Gasteiger partial charge in [-0.1, -0.05) is 13.3 Å². The van der Waals surface area contributed by atoms with Gasteiger partial charge in [-0.3, -0.25) is 9.59 Å². The highest BCUT2D eigenvalue weighted by Gasteiger charge is 2.23. The van der Waals surface area contributed by atoms with Crippen molar-refractivity contribution in [3.05, 3.63) is 18.7 Å². The third-order valence-electron chi connectivity index (χ3n) is 3.03. The van der Waals surface area contributed by atoms with Crippen LogP contribution in [0.3, 0.4) is 0 Å². The molecule has 0 aliphatic carbocycles. The summed E-state index contributed by atoms with van der Waals surface area (Å²) in [5.41, 5.74) is 4.97. The second-order valence-electron chi connectivity index (χ2n) is 4.79. The predicted molar refractivity (Wildman–Crippen MR) is 74.2 cm³/mol. The number of primary amides is 1. The van der Waals surface area contributed by atoms with Crippen molar-refractivity contribution in [1.29, 1.82) is 0 Å². The van der Waals surface area contributed by atoms with Crippen molar-refractivity contribution in [1.82, 2.24) is 14.9 Å². The molecule has 0 fully saturated rings. The number of amides is 2. The zero-order chi connectivity index (χ0) is 15.8. The van der Waals surface area contributed by atoms with Gasteiger partial charge in [0, 0.05) is 24.9 Å². The van der Waals surface area contributed by atoms with E-state index in [0.29, 0.717) is 0 Å². The van der Waals surface area contributed by atoms with Gasteiger partial charge in [0.05, 0.1) is 12.7 Å². The molecule has 0 aliphatic heterocycles. The summed E-state index contributed by atoms with van der Waals surface area (Å²) in [4.78, 5) is 37.7. The van der Waals surface area contributed by atoms with Crippen LogP contribution in [0.15, 0.2) is 18.7 Å². The number of nitrogens with zero attached hydrogens (tertiary/aromatic N) is 2. The minimum atomic E-state index is -1.29. The molecule has 0 saturated heterocycles. The zero-order valence-electron chi connectivity index (χ0n) is 11.9. The van der Waals surface area contributed by atoms with Crippen LogP contribution in [0.25, 0.3) is 0 Å². The largest absolute Gasteiger partial charge is 0.480 e. The molecule has 0 aromatic carbocycles. The molecule has 1 aromatic heterocycles. The van der Waals surface area contributed by atoms with Crippen LogP contribution < -0.4 is 11.1 Å². The highest BCUT2D eigenvalue weighted by molar-refractivity contribution is 5.88. The van der Waals surface area contributed by atoms with Gasteiger partial charge in [0.15, 0.2) is 0 Å². The second kappa shape index (κ2) is 8.03. The number of carboxylic acids is 1. The molecule has 0 saturated carbocycles. The molecule has 0 spiro atoms. The monoisotopic (exact) mass is 296 g/mol. The topological polar surface area (TPSA) is 127 Å². The first-order valence-corrected chi connectivity index (χ1v) is 6.72. The fourth-order valence-corrected chi connectivity index (χ4v) is 2.04. The molecule has 1 aromatic rings. The van der Waals surface area contributed by atoms with Crippen LogP contribution in [0.5, 0.6) is 0 Å². The van der Waals surface area contributed by atoms with Gasteiger partial charge < -0.3 is 20.7 Å². The highest BCUT2D eigenvalue weighted by atomic mass is 16.4. The molecule has 8 nitrogen and oxygen atoms in total. The Balaban J connectivity index is 2.64. The maximum atomic E-state index is 12.0. The van der Waals surface area contributed by atoms with Crippen LogP contribution in [0, 0.1) is 0 Å². The molecule has 2 amide bonds. The van der Waals surface area contributed by atoms with E-state index in [4.69, 9.17) is 10.8 Å². The summed E-state index contributed by atoms with van der Waals surface area (Å²) in [5.74, 6) is -2.49. The third-order valence-corrected chi connectivity index (χ3v) is 3.03. The molecule has 1 rings (SSSR count). The lowest BCUT2D eigenvalue weighted by atomic mass is 10.1. The molecule has 2 atom stereocenters. The van der Waals surface area contributed by atoms with E-state index in [9.17, 15) is 14.4 Å². The van der Waals surface area contributed by atoms with Gasteiger partial charge in [0.1, 0.15) is 6.04 Å². The van der Waals surface area contributed by atoms with E-state index < -0.39 is 30.2 Å². The SMILES string of the molecule is CCCC(CC(=O)N[C@@H](CC(N)=O)C(=O)O)n1ccnc1. The Labute approximate surface area is 122 Å². The Kier molecular flexibility index (Phi) is 6.38. The Bertz CT molecular complexity index is 486. The second-order valence-corrected chi connectivity index (χ2v) is 4.79. The zero-order valence-corrected chi connectivity index (χ0v) is 11.9. The maximum absolute atomic E-state index is 12.0. The summed E-state index contributed by atoms with van der Waals surface area (Å²) in [7, 11) is 0. The molecule has 1 heterocycles. The quantitative estimate of drug-likeness (QED) is 0.593. The molecular formula is C13H20N4O4. The summed E-state index contributed by atoms with van der Waals surface area (Å²) in [6, 6.07) is -1.39. The summed E-state index contributed by atoms with van der Waals surface area (Å²) in [6.07, 6.45) is 6.32. The first-order valence-electron chi connectivity index (χ1n) is 6.72. The number of hydrogen-bond acceptors (Lipinski definition) is 4. The van der Waals surface area contributed by atoms with Crippen LogP contribution in [0.2, 0.25) is 0 Å². The number of carboxylic acid groups (broad SMARTS) is 1. The smallest absolute Gasteiger partial charge is 0.326 e. The molecule has 4 N–H and O–H groups in total. The number of imidazole rings is 1. The number of hydrogen-bond donors (Lipinski definition) is 3. The predicted octanol–water partition coefficient (Wildman–Crippen LogP) is 0.0592. The van der Waals surface area contributed by atoms with Gasteiger partial charge in [-0.05, 0) is 6.42 Å². The van der Waals surface area contributed by atoms with E-state index in [1.165, 1.54) is 0 Å². The van der Waals surface area contributed by atoms with E-state index in [0.717, 1.165) is 12.8 Å². The lowest BCUT2D eigenvalue weighted by Gasteiger charge is -2.19. The standard InChI is InChI=1S/C13H20N4O4/c1-2-3-9(17-5-4-15-8-17)6-12(19)16-10(13(20)21)7-11(14)18/h4-5,8-10H,2-3,6-7H2,1H3,(H2,14,18)(H,16,19)(H,20,21)/t9?,10-/m0/s1. The fourth-order valence-electron chi connectivity index (χ4n) is 2.04. The number of aromatic nitrogens is 2. The Hall–Kier alpha value is -2.38. The van der Waals surface area contributed by atoms with E-state index >= 15 is 0 Å². The lowest BCUT2D eigenvalue weighted by molar-refractivity contribution is -0.143. The summed E-state index contributed by atoms with van der Waals surface area (Å²) in [5, 5.41) is 11.3. The molecule has 21 heavy (non-hydrogen) atoms. The number of carbonyl (C=O) groups excluding carboxylic acids is 2. The van der Waals surface area contributed by atoms with Crippen molar-refractivity contribution < 1.29 is 19.5 Å². The minimum Gasteiger partial charge on any atom is -0.480 e. The molecule has 0 aliphatic rings. The number of rotatable bonds is 9. The van der Waals surface area contributed by atoms with E-state index in [-0.39, 0.29) is 12.5 Å².